The topological polar surface area (TPSA) is 66.4 Å². The number of aliphatic hydroxyl groups is 1. The van der Waals surface area contributed by atoms with E-state index in [-0.39, 0.29) is 27.6 Å². The van der Waals surface area contributed by atoms with E-state index in [0.29, 0.717) is 11.5 Å². The average Bonchev–Trinajstić information content (AvgIpc) is 2.25. The van der Waals surface area contributed by atoms with Gasteiger partial charge in [0.15, 0.2) is 0 Å². The summed E-state index contributed by atoms with van der Waals surface area (Å²) < 4.78 is 27.4. The fourth-order valence-corrected chi connectivity index (χ4v) is 4.41. The zero-order chi connectivity index (χ0) is 14.9. The molecule has 0 heterocycles. The molecule has 0 spiro atoms. The van der Waals surface area contributed by atoms with Gasteiger partial charge in [0.05, 0.1) is 11.6 Å². The highest BCUT2D eigenvalue weighted by molar-refractivity contribution is 7.89. The largest absolute Gasteiger partial charge is 0.392 e. The lowest BCUT2D eigenvalue weighted by atomic mass is 9.81. The zero-order valence-corrected chi connectivity index (χ0v) is 13.4. The van der Waals surface area contributed by atoms with Crippen LogP contribution >= 0.6 is 23.2 Å². The van der Waals surface area contributed by atoms with Crippen molar-refractivity contribution in [1.29, 1.82) is 0 Å². The van der Waals surface area contributed by atoms with Crippen LogP contribution in [0, 0.1) is 5.92 Å². The molecule has 0 aliphatic heterocycles. The van der Waals surface area contributed by atoms with Crippen LogP contribution in [0.4, 0.5) is 0 Å². The normalized spacial score (nSPS) is 17.8. The SMILES string of the molecule is CC(NS(=O)(=O)c1cc(CO)c(Cl)cc1Cl)C1CCC1. The maximum atomic E-state index is 12.4. The van der Waals surface area contributed by atoms with Crippen molar-refractivity contribution >= 4 is 33.2 Å². The number of hydrogen-bond donors (Lipinski definition) is 2. The van der Waals surface area contributed by atoms with Crippen molar-refractivity contribution in [3.63, 3.8) is 0 Å². The van der Waals surface area contributed by atoms with Gasteiger partial charge in [-0.1, -0.05) is 29.6 Å². The summed E-state index contributed by atoms with van der Waals surface area (Å²) in [5.74, 6) is 0.383. The van der Waals surface area contributed by atoms with Crippen LogP contribution in [-0.2, 0) is 16.6 Å². The Morgan fingerprint density at radius 1 is 1.35 bits per heavy atom. The van der Waals surface area contributed by atoms with E-state index < -0.39 is 10.0 Å². The van der Waals surface area contributed by atoms with E-state index in [1.807, 2.05) is 6.92 Å². The third kappa shape index (κ3) is 3.28. The molecule has 0 amide bonds. The summed E-state index contributed by atoms with van der Waals surface area (Å²) in [6.45, 7) is 1.52. The van der Waals surface area contributed by atoms with Crippen LogP contribution in [0.1, 0.15) is 31.7 Å². The molecular weight excluding hydrogens is 321 g/mol. The third-order valence-electron chi connectivity index (χ3n) is 3.76. The number of aliphatic hydroxyl groups excluding tert-OH is 1. The Bertz CT molecular complexity index is 600. The van der Waals surface area contributed by atoms with Crippen molar-refractivity contribution in [3.8, 4) is 0 Å². The molecule has 112 valence electrons. The summed E-state index contributed by atoms with van der Waals surface area (Å²) in [7, 11) is -3.71. The number of sulfonamides is 1. The molecule has 4 nitrogen and oxygen atoms in total. The van der Waals surface area contributed by atoms with Crippen molar-refractivity contribution in [1.82, 2.24) is 4.72 Å². The van der Waals surface area contributed by atoms with Crippen LogP contribution in [0.2, 0.25) is 10.0 Å². The molecule has 1 aromatic carbocycles. The van der Waals surface area contributed by atoms with Gasteiger partial charge in [-0.2, -0.15) is 0 Å². The molecule has 2 rings (SSSR count). The molecule has 1 saturated carbocycles. The highest BCUT2D eigenvalue weighted by Crippen LogP contribution is 2.32. The van der Waals surface area contributed by atoms with Gasteiger partial charge < -0.3 is 5.11 Å². The summed E-state index contributed by atoms with van der Waals surface area (Å²) >= 11 is 11.8. The van der Waals surface area contributed by atoms with Gasteiger partial charge in [-0.25, -0.2) is 13.1 Å². The first-order valence-electron chi connectivity index (χ1n) is 6.46. The van der Waals surface area contributed by atoms with E-state index in [1.165, 1.54) is 12.1 Å². The lowest BCUT2D eigenvalue weighted by Gasteiger charge is -2.31. The Hall–Kier alpha value is -0.330. The Morgan fingerprint density at radius 2 is 2.00 bits per heavy atom. The van der Waals surface area contributed by atoms with Gasteiger partial charge in [-0.3, -0.25) is 0 Å². The monoisotopic (exact) mass is 337 g/mol. The van der Waals surface area contributed by atoms with Crippen molar-refractivity contribution in [2.45, 2.75) is 43.7 Å². The number of rotatable bonds is 5. The van der Waals surface area contributed by atoms with Gasteiger partial charge in [0.1, 0.15) is 4.90 Å². The smallest absolute Gasteiger partial charge is 0.242 e. The van der Waals surface area contributed by atoms with Gasteiger partial charge in [-0.05, 0) is 43.4 Å². The summed E-state index contributed by atoms with van der Waals surface area (Å²) in [4.78, 5) is -0.0428. The maximum Gasteiger partial charge on any atom is 0.242 e. The van der Waals surface area contributed by atoms with Crippen molar-refractivity contribution in [2.24, 2.45) is 5.92 Å². The minimum absolute atomic E-state index is 0.0428. The Kier molecular flexibility index (Phi) is 4.97. The molecule has 0 bridgehead atoms. The summed E-state index contributed by atoms with van der Waals surface area (Å²) in [5, 5.41) is 9.48. The van der Waals surface area contributed by atoms with Gasteiger partial charge in [0.2, 0.25) is 10.0 Å². The highest BCUT2D eigenvalue weighted by atomic mass is 35.5. The van der Waals surface area contributed by atoms with E-state index in [9.17, 15) is 13.5 Å². The van der Waals surface area contributed by atoms with E-state index >= 15 is 0 Å². The van der Waals surface area contributed by atoms with Crippen LogP contribution in [0.15, 0.2) is 17.0 Å². The first kappa shape index (κ1) is 16.0. The fraction of sp³-hybridized carbons (Fsp3) is 0.538. The zero-order valence-electron chi connectivity index (χ0n) is 11.1. The molecule has 2 N–H and O–H groups in total. The standard InChI is InChI=1S/C13H17Cl2NO3S/c1-8(9-3-2-4-9)16-20(18,19)13-5-10(7-17)11(14)6-12(13)15/h5-6,8-9,16-17H,2-4,7H2,1H3. The van der Waals surface area contributed by atoms with E-state index in [2.05, 4.69) is 4.72 Å². The summed E-state index contributed by atoms with van der Waals surface area (Å²) in [5.41, 5.74) is 0.340. The van der Waals surface area contributed by atoms with Gasteiger partial charge in [0.25, 0.3) is 0 Å². The minimum Gasteiger partial charge on any atom is -0.392 e. The molecule has 20 heavy (non-hydrogen) atoms. The number of hydrogen-bond acceptors (Lipinski definition) is 3. The Morgan fingerprint density at radius 3 is 2.50 bits per heavy atom. The van der Waals surface area contributed by atoms with Crippen molar-refractivity contribution < 1.29 is 13.5 Å². The predicted octanol–water partition coefficient (Wildman–Crippen LogP) is 2.95. The highest BCUT2D eigenvalue weighted by Gasteiger charge is 2.29. The molecule has 1 aromatic rings. The van der Waals surface area contributed by atoms with Crippen LogP contribution in [0.25, 0.3) is 0 Å². The van der Waals surface area contributed by atoms with Crippen molar-refractivity contribution in [3.05, 3.63) is 27.7 Å². The molecule has 1 aliphatic rings. The molecule has 0 radical (unpaired) electrons. The van der Waals surface area contributed by atoms with E-state index in [1.54, 1.807) is 0 Å². The quantitative estimate of drug-likeness (QED) is 0.867. The molecule has 1 atom stereocenters. The first-order valence-corrected chi connectivity index (χ1v) is 8.70. The Labute approximate surface area is 129 Å². The van der Waals surface area contributed by atoms with Gasteiger partial charge >= 0.3 is 0 Å². The lowest BCUT2D eigenvalue weighted by Crippen LogP contribution is -2.40. The van der Waals surface area contributed by atoms with Crippen LogP contribution < -0.4 is 4.72 Å². The second-order valence-corrected chi connectivity index (χ2v) is 7.63. The van der Waals surface area contributed by atoms with Gasteiger partial charge in [-0.15, -0.1) is 0 Å². The summed E-state index contributed by atoms with van der Waals surface area (Å²) in [6, 6.07) is 2.54. The fourth-order valence-electron chi connectivity index (χ4n) is 2.24. The van der Waals surface area contributed by atoms with Crippen LogP contribution in [0.5, 0.6) is 0 Å². The van der Waals surface area contributed by atoms with Gasteiger partial charge in [0, 0.05) is 11.1 Å². The van der Waals surface area contributed by atoms with Crippen molar-refractivity contribution in [2.75, 3.05) is 0 Å². The summed E-state index contributed by atoms with van der Waals surface area (Å²) in [6.07, 6.45) is 3.23. The molecular formula is C13H17Cl2NO3S. The second kappa shape index (κ2) is 6.20. The van der Waals surface area contributed by atoms with E-state index in [0.717, 1.165) is 19.3 Å². The number of halogens is 2. The molecule has 1 unspecified atom stereocenters. The first-order chi connectivity index (χ1) is 9.35. The lowest BCUT2D eigenvalue weighted by molar-refractivity contribution is 0.260. The predicted molar refractivity (Wildman–Crippen MR) is 79.5 cm³/mol. The Balaban J connectivity index is 2.28. The second-order valence-electron chi connectivity index (χ2n) is 5.13. The maximum absolute atomic E-state index is 12.4. The van der Waals surface area contributed by atoms with E-state index in [4.69, 9.17) is 23.2 Å². The minimum atomic E-state index is -3.71. The molecule has 0 aromatic heterocycles. The molecule has 0 saturated heterocycles. The number of nitrogens with one attached hydrogen (secondary N) is 1. The van der Waals surface area contributed by atoms with Crippen LogP contribution in [-0.4, -0.2) is 19.6 Å². The third-order valence-corrected chi connectivity index (χ3v) is 6.13. The number of benzene rings is 1. The molecule has 1 aliphatic carbocycles. The molecule has 7 heteroatoms. The molecule has 1 fully saturated rings. The average molecular weight is 338 g/mol. The van der Waals surface area contributed by atoms with Crippen LogP contribution in [0.3, 0.4) is 0 Å².